The van der Waals surface area contributed by atoms with Gasteiger partial charge in [-0.25, -0.2) is 14.7 Å². The number of amides is 1. The molecule has 0 unspecified atom stereocenters. The first-order valence-corrected chi connectivity index (χ1v) is 10.5. The Bertz CT molecular complexity index is 339. The summed E-state index contributed by atoms with van der Waals surface area (Å²) in [7, 11) is -4.90. The van der Waals surface area contributed by atoms with Crippen LogP contribution in [0.15, 0.2) is 0 Å². The normalized spacial score (nSPS) is 12.2. The van der Waals surface area contributed by atoms with Gasteiger partial charge in [0.05, 0.1) is 6.61 Å². The van der Waals surface area contributed by atoms with E-state index in [1.807, 2.05) is 4.72 Å². The quantitative estimate of drug-likeness (QED) is 0.445. The van der Waals surface area contributed by atoms with E-state index in [-0.39, 0.29) is 13.1 Å². The van der Waals surface area contributed by atoms with Crippen LogP contribution in [0, 0.1) is 0 Å². The zero-order valence-corrected chi connectivity index (χ0v) is 12.3. The number of carbonyl (C=O) groups is 1. The van der Waals surface area contributed by atoms with Gasteiger partial charge in [-0.2, -0.15) is 8.42 Å². The van der Waals surface area contributed by atoms with Crippen molar-refractivity contribution in [3.8, 4) is 0 Å². The number of alkyl carbamates (subject to hydrolysis) is 1. The second kappa shape index (κ2) is 6.94. The molecule has 102 valence electrons. The van der Waals surface area contributed by atoms with Gasteiger partial charge < -0.3 is 10.1 Å². The van der Waals surface area contributed by atoms with Gasteiger partial charge in [0.25, 0.3) is 10.2 Å². The topological polar surface area (TPSA) is 111 Å². The highest BCUT2D eigenvalue weighted by Gasteiger charge is 2.13. The fourth-order valence-corrected chi connectivity index (χ4v) is 1.96. The molecule has 0 aliphatic rings. The molecular formula is C8H21N3O4SSi. The first-order chi connectivity index (χ1) is 7.60. The molecule has 0 radical (unpaired) electrons. The van der Waals surface area contributed by atoms with E-state index in [4.69, 9.17) is 9.88 Å². The molecule has 1 amide bonds. The van der Waals surface area contributed by atoms with Crippen molar-refractivity contribution in [3.05, 3.63) is 0 Å². The third kappa shape index (κ3) is 13.3. The molecule has 0 heterocycles. The summed E-state index contributed by atoms with van der Waals surface area (Å²) < 4.78 is 27.9. The Morgan fingerprint density at radius 1 is 1.29 bits per heavy atom. The van der Waals surface area contributed by atoms with Crippen LogP contribution in [-0.4, -0.2) is 42.3 Å². The molecule has 0 spiro atoms. The van der Waals surface area contributed by atoms with E-state index in [0.717, 1.165) is 6.04 Å². The molecule has 0 saturated heterocycles. The van der Waals surface area contributed by atoms with Gasteiger partial charge in [0.2, 0.25) is 0 Å². The van der Waals surface area contributed by atoms with Crippen LogP contribution < -0.4 is 15.2 Å². The number of nitrogens with one attached hydrogen (secondary N) is 2. The van der Waals surface area contributed by atoms with Crippen LogP contribution in [-0.2, 0) is 14.9 Å². The average molecular weight is 283 g/mol. The Kier molecular flexibility index (Phi) is 6.68. The molecule has 0 aromatic rings. The summed E-state index contributed by atoms with van der Waals surface area (Å²) in [6.45, 7) is 7.13. The highest BCUT2D eigenvalue weighted by atomic mass is 32.2. The largest absolute Gasteiger partial charge is 0.450 e. The minimum Gasteiger partial charge on any atom is -0.450 e. The highest BCUT2D eigenvalue weighted by molar-refractivity contribution is 7.87. The van der Waals surface area contributed by atoms with Crippen LogP contribution in [0.25, 0.3) is 0 Å². The molecule has 0 saturated carbocycles. The van der Waals surface area contributed by atoms with Gasteiger partial charge in [0.1, 0.15) is 0 Å². The Morgan fingerprint density at radius 3 is 2.35 bits per heavy atom. The van der Waals surface area contributed by atoms with E-state index < -0.39 is 24.4 Å². The first-order valence-electron chi connectivity index (χ1n) is 5.28. The summed E-state index contributed by atoms with van der Waals surface area (Å²) in [6, 6.07) is 0.899. The Balaban J connectivity index is 3.55. The molecule has 4 N–H and O–H groups in total. The molecule has 9 heteroatoms. The molecule has 0 fully saturated rings. The van der Waals surface area contributed by atoms with Crippen molar-refractivity contribution in [2.75, 3.05) is 19.7 Å². The number of rotatable bonds is 7. The van der Waals surface area contributed by atoms with E-state index in [0.29, 0.717) is 6.61 Å². The van der Waals surface area contributed by atoms with Gasteiger partial charge >= 0.3 is 6.09 Å². The van der Waals surface area contributed by atoms with Crippen LogP contribution >= 0.6 is 0 Å². The van der Waals surface area contributed by atoms with Gasteiger partial charge in [0.15, 0.2) is 0 Å². The summed E-state index contributed by atoms with van der Waals surface area (Å²) in [5.74, 6) is 0. The summed E-state index contributed by atoms with van der Waals surface area (Å²) in [4.78, 5) is 11.1. The van der Waals surface area contributed by atoms with E-state index in [2.05, 4.69) is 25.0 Å². The molecule has 0 aliphatic heterocycles. The monoisotopic (exact) mass is 283 g/mol. The molecule has 0 aliphatic carbocycles. The van der Waals surface area contributed by atoms with Crippen molar-refractivity contribution in [2.24, 2.45) is 5.14 Å². The third-order valence-electron chi connectivity index (χ3n) is 1.78. The minimum atomic E-state index is -3.69. The standard InChI is InChI=1S/C8H21N3O4SSi/c1-17(2,3)7-6-15-8(12)10-4-5-11-16(9,13)14/h11H,4-7H2,1-3H3,(H,10,12)(H2,9,13,14). The summed E-state index contributed by atoms with van der Waals surface area (Å²) >= 11 is 0. The van der Waals surface area contributed by atoms with E-state index in [1.54, 1.807) is 0 Å². The van der Waals surface area contributed by atoms with Gasteiger partial charge in [-0.3, -0.25) is 0 Å². The highest BCUT2D eigenvalue weighted by Crippen LogP contribution is 2.07. The SMILES string of the molecule is C[Si](C)(C)CCOC(=O)NCCNS(N)(=O)=O. The minimum absolute atomic E-state index is 0.0436. The molecule has 0 rings (SSSR count). The first kappa shape index (κ1) is 16.4. The molecule has 0 aromatic heterocycles. The Morgan fingerprint density at radius 2 is 1.88 bits per heavy atom. The maximum atomic E-state index is 11.1. The number of hydrogen-bond acceptors (Lipinski definition) is 4. The Labute approximate surface area is 103 Å². The van der Waals surface area contributed by atoms with Crippen molar-refractivity contribution in [2.45, 2.75) is 25.7 Å². The lowest BCUT2D eigenvalue weighted by Crippen LogP contribution is -2.38. The zero-order valence-electron chi connectivity index (χ0n) is 10.4. The van der Waals surface area contributed by atoms with E-state index in [9.17, 15) is 13.2 Å². The van der Waals surface area contributed by atoms with E-state index >= 15 is 0 Å². The second-order valence-electron chi connectivity index (χ2n) is 4.81. The second-order valence-corrected chi connectivity index (χ2v) is 11.8. The summed E-state index contributed by atoms with van der Waals surface area (Å²) in [6.07, 6.45) is -0.542. The van der Waals surface area contributed by atoms with Crippen molar-refractivity contribution >= 4 is 24.4 Å². The molecule has 0 bridgehead atoms. The number of hydrogen-bond donors (Lipinski definition) is 3. The molecule has 0 atom stereocenters. The maximum absolute atomic E-state index is 11.1. The molecule has 0 aromatic carbocycles. The fraction of sp³-hybridized carbons (Fsp3) is 0.875. The van der Waals surface area contributed by atoms with Crippen molar-refractivity contribution in [1.82, 2.24) is 10.0 Å². The average Bonchev–Trinajstić information content (AvgIpc) is 2.09. The van der Waals surface area contributed by atoms with Crippen molar-refractivity contribution < 1.29 is 17.9 Å². The molecule has 17 heavy (non-hydrogen) atoms. The predicted octanol–water partition coefficient (Wildman–Crippen LogP) is -0.156. The lowest BCUT2D eigenvalue weighted by molar-refractivity contribution is 0.152. The lowest BCUT2D eigenvalue weighted by Gasteiger charge is -2.15. The van der Waals surface area contributed by atoms with Gasteiger partial charge in [-0.05, 0) is 6.04 Å². The van der Waals surface area contributed by atoms with Crippen LogP contribution in [0.2, 0.25) is 25.7 Å². The summed E-state index contributed by atoms with van der Waals surface area (Å²) in [5.41, 5.74) is 0. The Hall–Kier alpha value is -0.643. The fourth-order valence-electron chi connectivity index (χ4n) is 0.859. The molecular weight excluding hydrogens is 262 g/mol. The lowest BCUT2D eigenvalue weighted by atomic mass is 10.6. The number of carbonyl (C=O) groups excluding carboxylic acids is 1. The predicted molar refractivity (Wildman–Crippen MR) is 68.6 cm³/mol. The smallest absolute Gasteiger partial charge is 0.407 e. The van der Waals surface area contributed by atoms with Crippen LogP contribution in [0.1, 0.15) is 0 Å². The number of ether oxygens (including phenoxy) is 1. The zero-order chi connectivity index (χ0) is 13.5. The van der Waals surface area contributed by atoms with Crippen molar-refractivity contribution in [3.63, 3.8) is 0 Å². The maximum Gasteiger partial charge on any atom is 0.407 e. The van der Waals surface area contributed by atoms with Crippen LogP contribution in [0.5, 0.6) is 0 Å². The van der Waals surface area contributed by atoms with Crippen LogP contribution in [0.4, 0.5) is 4.79 Å². The molecule has 7 nitrogen and oxygen atoms in total. The van der Waals surface area contributed by atoms with Gasteiger partial charge in [0, 0.05) is 21.2 Å². The summed E-state index contributed by atoms with van der Waals surface area (Å²) in [5, 5.41) is 7.12. The number of nitrogens with two attached hydrogens (primary N) is 1. The van der Waals surface area contributed by atoms with Crippen LogP contribution in [0.3, 0.4) is 0 Å². The van der Waals surface area contributed by atoms with Gasteiger partial charge in [-0.1, -0.05) is 19.6 Å². The van der Waals surface area contributed by atoms with E-state index in [1.165, 1.54) is 0 Å². The van der Waals surface area contributed by atoms with Gasteiger partial charge in [-0.15, -0.1) is 0 Å². The van der Waals surface area contributed by atoms with Crippen molar-refractivity contribution in [1.29, 1.82) is 0 Å². The third-order valence-corrected chi connectivity index (χ3v) is 4.09.